The Morgan fingerprint density at radius 1 is 1.45 bits per heavy atom. The summed E-state index contributed by atoms with van der Waals surface area (Å²) in [4.78, 5) is 11.4. The molecule has 20 heavy (non-hydrogen) atoms. The minimum absolute atomic E-state index is 0.0562. The average molecular weight is 298 g/mol. The fourth-order valence-corrected chi connectivity index (χ4v) is 1.54. The maximum Gasteiger partial charge on any atom is 0.407 e. The van der Waals surface area contributed by atoms with Crippen molar-refractivity contribution in [1.82, 2.24) is 5.32 Å². The minimum atomic E-state index is -0.485. The van der Waals surface area contributed by atoms with Gasteiger partial charge in [-0.3, -0.25) is 0 Å². The van der Waals surface area contributed by atoms with Gasteiger partial charge in [0.2, 0.25) is 0 Å². The van der Waals surface area contributed by atoms with Crippen molar-refractivity contribution in [2.24, 2.45) is 0 Å². The molecule has 1 aromatic rings. The lowest BCUT2D eigenvalue weighted by molar-refractivity contribution is 0.0529. The summed E-state index contributed by atoms with van der Waals surface area (Å²) in [5, 5.41) is 12.4. The highest BCUT2D eigenvalue weighted by molar-refractivity contribution is 6.32. The molecule has 0 heterocycles. The molecule has 1 rings (SSSR count). The van der Waals surface area contributed by atoms with Crippen LogP contribution in [0.25, 0.3) is 6.08 Å². The van der Waals surface area contributed by atoms with Crippen molar-refractivity contribution in [3.8, 4) is 5.75 Å². The topological polar surface area (TPSA) is 58.6 Å². The van der Waals surface area contributed by atoms with Crippen LogP contribution < -0.4 is 5.32 Å². The second-order valence-electron chi connectivity index (χ2n) is 5.33. The first-order chi connectivity index (χ1) is 9.28. The van der Waals surface area contributed by atoms with Crippen LogP contribution in [0.2, 0.25) is 5.02 Å². The van der Waals surface area contributed by atoms with Gasteiger partial charge in [0, 0.05) is 6.54 Å². The largest absolute Gasteiger partial charge is 0.506 e. The zero-order chi connectivity index (χ0) is 15.2. The summed E-state index contributed by atoms with van der Waals surface area (Å²) in [6.07, 6.45) is 4.00. The van der Waals surface area contributed by atoms with Crippen molar-refractivity contribution < 1.29 is 14.6 Å². The number of aromatic hydroxyl groups is 1. The molecular weight excluding hydrogens is 278 g/mol. The normalized spacial score (nSPS) is 11.6. The highest BCUT2D eigenvalue weighted by atomic mass is 35.5. The van der Waals surface area contributed by atoms with Crippen LogP contribution in [0.15, 0.2) is 24.3 Å². The average Bonchev–Trinajstić information content (AvgIpc) is 2.31. The van der Waals surface area contributed by atoms with E-state index in [1.807, 2.05) is 32.9 Å². The van der Waals surface area contributed by atoms with Gasteiger partial charge in [-0.2, -0.15) is 0 Å². The fourth-order valence-electron chi connectivity index (χ4n) is 1.42. The Labute approximate surface area is 124 Å². The van der Waals surface area contributed by atoms with Gasteiger partial charge < -0.3 is 15.2 Å². The molecule has 0 spiro atoms. The number of halogens is 1. The molecule has 0 aliphatic heterocycles. The van der Waals surface area contributed by atoms with Crippen LogP contribution in [0.3, 0.4) is 0 Å². The molecule has 0 saturated heterocycles. The molecule has 1 amide bonds. The number of carbonyl (C=O) groups is 1. The third kappa shape index (κ3) is 6.48. The van der Waals surface area contributed by atoms with E-state index < -0.39 is 11.7 Å². The monoisotopic (exact) mass is 297 g/mol. The second kappa shape index (κ2) is 7.20. The smallest absolute Gasteiger partial charge is 0.407 e. The van der Waals surface area contributed by atoms with Crippen molar-refractivity contribution in [1.29, 1.82) is 0 Å². The van der Waals surface area contributed by atoms with E-state index in [4.69, 9.17) is 16.3 Å². The van der Waals surface area contributed by atoms with Crippen LogP contribution in [0.5, 0.6) is 5.75 Å². The molecule has 0 aliphatic rings. The zero-order valence-electron chi connectivity index (χ0n) is 11.9. The predicted octanol–water partition coefficient (Wildman–Crippen LogP) is 3.97. The van der Waals surface area contributed by atoms with E-state index in [0.717, 1.165) is 5.56 Å². The van der Waals surface area contributed by atoms with Crippen LogP contribution in [-0.2, 0) is 4.74 Å². The number of hydrogen-bond acceptors (Lipinski definition) is 3. The number of carbonyl (C=O) groups excluding carboxylic acids is 1. The lowest BCUT2D eigenvalue weighted by atomic mass is 10.2. The number of phenols is 1. The Kier molecular flexibility index (Phi) is 5.89. The molecule has 0 bridgehead atoms. The molecule has 0 aromatic heterocycles. The molecule has 0 radical (unpaired) electrons. The van der Waals surface area contributed by atoms with Crippen LogP contribution in [0.1, 0.15) is 32.8 Å². The fraction of sp³-hybridized carbons (Fsp3) is 0.400. The summed E-state index contributed by atoms with van der Waals surface area (Å²) in [5.41, 5.74) is 0.366. The maximum atomic E-state index is 11.4. The third-order valence-electron chi connectivity index (χ3n) is 2.26. The van der Waals surface area contributed by atoms with Crippen molar-refractivity contribution in [2.45, 2.75) is 32.8 Å². The van der Waals surface area contributed by atoms with Gasteiger partial charge in [0.15, 0.2) is 0 Å². The Bertz CT molecular complexity index is 492. The van der Waals surface area contributed by atoms with Crippen molar-refractivity contribution in [3.63, 3.8) is 0 Å². The quantitative estimate of drug-likeness (QED) is 0.827. The van der Waals surface area contributed by atoms with Crippen molar-refractivity contribution >= 4 is 23.8 Å². The van der Waals surface area contributed by atoms with Gasteiger partial charge in [-0.25, -0.2) is 4.79 Å². The van der Waals surface area contributed by atoms with Gasteiger partial charge in [-0.15, -0.1) is 0 Å². The summed E-state index contributed by atoms with van der Waals surface area (Å²) in [6.45, 7) is 5.95. The first-order valence-corrected chi connectivity index (χ1v) is 6.77. The first kappa shape index (κ1) is 16.4. The van der Waals surface area contributed by atoms with Gasteiger partial charge in [0.25, 0.3) is 0 Å². The van der Waals surface area contributed by atoms with Crippen LogP contribution >= 0.6 is 11.6 Å². The first-order valence-electron chi connectivity index (χ1n) is 6.40. The summed E-state index contributed by atoms with van der Waals surface area (Å²) >= 11 is 5.72. The highest BCUT2D eigenvalue weighted by Gasteiger charge is 2.15. The molecule has 0 unspecified atom stereocenters. The van der Waals surface area contributed by atoms with Crippen molar-refractivity contribution in [2.75, 3.05) is 6.54 Å². The molecule has 1 aromatic carbocycles. The molecule has 4 nitrogen and oxygen atoms in total. The van der Waals surface area contributed by atoms with Crippen LogP contribution in [-0.4, -0.2) is 23.3 Å². The van der Waals surface area contributed by atoms with E-state index in [0.29, 0.717) is 18.0 Å². The molecule has 0 fully saturated rings. The van der Waals surface area contributed by atoms with E-state index in [9.17, 15) is 9.90 Å². The van der Waals surface area contributed by atoms with Crippen LogP contribution in [0.4, 0.5) is 4.79 Å². The van der Waals surface area contributed by atoms with E-state index in [1.54, 1.807) is 18.2 Å². The number of amides is 1. The maximum absolute atomic E-state index is 11.4. The predicted molar refractivity (Wildman–Crippen MR) is 81.0 cm³/mol. The van der Waals surface area contributed by atoms with E-state index in [2.05, 4.69) is 5.32 Å². The SMILES string of the molecule is CC(C)(C)OC(=O)NCCC=Cc1ccc(Cl)c(O)c1. The summed E-state index contributed by atoms with van der Waals surface area (Å²) in [5.74, 6) is 0.0562. The molecule has 0 atom stereocenters. The number of rotatable bonds is 4. The van der Waals surface area contributed by atoms with Gasteiger partial charge in [0.05, 0.1) is 5.02 Å². The number of hydrogen-bond donors (Lipinski definition) is 2. The molecule has 110 valence electrons. The number of nitrogens with one attached hydrogen (secondary N) is 1. The van der Waals surface area contributed by atoms with E-state index in [1.165, 1.54) is 0 Å². The Balaban J connectivity index is 2.32. The molecule has 0 aliphatic carbocycles. The molecule has 2 N–H and O–H groups in total. The Morgan fingerprint density at radius 2 is 2.15 bits per heavy atom. The van der Waals surface area contributed by atoms with Gasteiger partial charge in [0.1, 0.15) is 11.4 Å². The molecular formula is C15H20ClNO3. The van der Waals surface area contributed by atoms with E-state index in [-0.39, 0.29) is 5.75 Å². The van der Waals surface area contributed by atoms with Gasteiger partial charge in [-0.1, -0.05) is 29.8 Å². The molecule has 5 heteroatoms. The van der Waals surface area contributed by atoms with Crippen LogP contribution in [0, 0.1) is 0 Å². The van der Waals surface area contributed by atoms with E-state index >= 15 is 0 Å². The lowest BCUT2D eigenvalue weighted by Gasteiger charge is -2.19. The number of phenolic OH excluding ortho intramolecular Hbond substituents is 1. The Morgan fingerprint density at radius 3 is 2.75 bits per heavy atom. The number of benzene rings is 1. The second-order valence-corrected chi connectivity index (χ2v) is 5.74. The van der Waals surface area contributed by atoms with Gasteiger partial charge in [-0.05, 0) is 44.9 Å². The highest BCUT2D eigenvalue weighted by Crippen LogP contribution is 2.24. The zero-order valence-corrected chi connectivity index (χ0v) is 12.7. The van der Waals surface area contributed by atoms with Crippen molar-refractivity contribution in [3.05, 3.63) is 34.9 Å². The third-order valence-corrected chi connectivity index (χ3v) is 2.58. The van der Waals surface area contributed by atoms with Gasteiger partial charge >= 0.3 is 6.09 Å². The minimum Gasteiger partial charge on any atom is -0.506 e. The summed E-state index contributed by atoms with van der Waals surface area (Å²) in [6, 6.07) is 5.02. The molecule has 0 saturated carbocycles. The number of ether oxygens (including phenoxy) is 1. The summed E-state index contributed by atoms with van der Waals surface area (Å²) < 4.78 is 5.11. The lowest BCUT2D eigenvalue weighted by Crippen LogP contribution is -2.32. The summed E-state index contributed by atoms with van der Waals surface area (Å²) in [7, 11) is 0. The Hall–Kier alpha value is -1.68. The standard InChI is InChI=1S/C15H20ClNO3/c1-15(2,3)20-14(19)17-9-5-4-6-11-7-8-12(16)13(18)10-11/h4,6-8,10,18H,5,9H2,1-3H3,(H,17,19). The number of alkyl carbamates (subject to hydrolysis) is 1.